The molecule has 2 rings (SSSR count). The van der Waals surface area contributed by atoms with Gasteiger partial charge in [-0.05, 0) is 37.3 Å². The third-order valence-corrected chi connectivity index (χ3v) is 4.92. The summed E-state index contributed by atoms with van der Waals surface area (Å²) in [4.78, 5) is 2.48. The fourth-order valence-electron chi connectivity index (χ4n) is 3.11. The maximum atomic E-state index is 9.21. The Balaban J connectivity index is 2.29. The topological polar surface area (TPSA) is 49.5 Å². The van der Waals surface area contributed by atoms with E-state index in [-0.39, 0.29) is 18.7 Å². The lowest BCUT2D eigenvalue weighted by Crippen LogP contribution is -2.49. The standard InChI is InChI=1S/C17H27ClN2O/c1-2-16(19)17(14-9-3-4-10-15(14)18)20(11-6-12-21)13-7-5-8-13/h3-4,9-10,13,16-17,21H,2,5-8,11-12,19H2,1H3. The Hall–Kier alpha value is -0.610. The van der Waals surface area contributed by atoms with Crippen molar-refractivity contribution >= 4 is 11.6 Å². The fraction of sp³-hybridized carbons (Fsp3) is 0.647. The molecule has 1 aliphatic rings. The second-order valence-corrected chi connectivity index (χ2v) is 6.35. The van der Waals surface area contributed by atoms with Crippen LogP contribution in [-0.2, 0) is 0 Å². The van der Waals surface area contributed by atoms with E-state index in [1.165, 1.54) is 19.3 Å². The summed E-state index contributed by atoms with van der Waals surface area (Å²) in [7, 11) is 0. The van der Waals surface area contributed by atoms with Gasteiger partial charge in [0.05, 0.1) is 6.04 Å². The van der Waals surface area contributed by atoms with Crippen molar-refractivity contribution in [3.05, 3.63) is 34.9 Å². The monoisotopic (exact) mass is 310 g/mol. The second kappa shape index (κ2) is 8.14. The summed E-state index contributed by atoms with van der Waals surface area (Å²) in [6.07, 6.45) is 5.44. The third-order valence-electron chi connectivity index (χ3n) is 4.58. The van der Waals surface area contributed by atoms with Gasteiger partial charge in [0.2, 0.25) is 0 Å². The molecule has 1 fully saturated rings. The molecule has 0 spiro atoms. The molecule has 3 nitrogen and oxygen atoms in total. The van der Waals surface area contributed by atoms with E-state index in [9.17, 15) is 5.11 Å². The molecule has 21 heavy (non-hydrogen) atoms. The molecule has 4 heteroatoms. The van der Waals surface area contributed by atoms with Gasteiger partial charge in [0.1, 0.15) is 0 Å². The summed E-state index contributed by atoms with van der Waals surface area (Å²) >= 11 is 6.43. The van der Waals surface area contributed by atoms with Crippen molar-refractivity contribution in [3.63, 3.8) is 0 Å². The van der Waals surface area contributed by atoms with Crippen LogP contribution in [0.15, 0.2) is 24.3 Å². The SMILES string of the molecule is CCC(N)C(c1ccccc1Cl)N(CCCO)C1CCC1. The number of nitrogens with two attached hydrogens (primary N) is 1. The quantitative estimate of drug-likeness (QED) is 0.774. The van der Waals surface area contributed by atoms with Gasteiger partial charge in [-0.15, -0.1) is 0 Å². The van der Waals surface area contributed by atoms with E-state index in [1.807, 2.05) is 18.2 Å². The Morgan fingerprint density at radius 3 is 2.62 bits per heavy atom. The summed E-state index contributed by atoms with van der Waals surface area (Å²) in [5.74, 6) is 0. The second-order valence-electron chi connectivity index (χ2n) is 5.94. The molecule has 3 N–H and O–H groups in total. The minimum atomic E-state index is 0.0594. The van der Waals surface area contributed by atoms with Crippen molar-refractivity contribution in [3.8, 4) is 0 Å². The molecule has 0 saturated heterocycles. The highest BCUT2D eigenvalue weighted by molar-refractivity contribution is 6.31. The minimum Gasteiger partial charge on any atom is -0.396 e. The number of halogens is 1. The van der Waals surface area contributed by atoms with E-state index in [4.69, 9.17) is 17.3 Å². The van der Waals surface area contributed by atoms with E-state index in [2.05, 4.69) is 17.9 Å². The van der Waals surface area contributed by atoms with Gasteiger partial charge in [0.25, 0.3) is 0 Å². The molecular formula is C17H27ClN2O. The van der Waals surface area contributed by atoms with Crippen LogP contribution in [0.4, 0.5) is 0 Å². The Labute approximate surface area is 133 Å². The Kier molecular flexibility index (Phi) is 6.49. The smallest absolute Gasteiger partial charge is 0.0516 e. The lowest BCUT2D eigenvalue weighted by Gasteiger charge is -2.45. The van der Waals surface area contributed by atoms with E-state index < -0.39 is 0 Å². The Bertz CT molecular complexity index is 437. The molecule has 118 valence electrons. The summed E-state index contributed by atoms with van der Waals surface area (Å²) in [6, 6.07) is 8.80. The Morgan fingerprint density at radius 1 is 1.38 bits per heavy atom. The molecule has 0 aliphatic heterocycles. The largest absolute Gasteiger partial charge is 0.396 e. The maximum Gasteiger partial charge on any atom is 0.0516 e. The molecule has 1 aliphatic carbocycles. The minimum absolute atomic E-state index is 0.0594. The lowest BCUT2D eigenvalue weighted by molar-refractivity contribution is 0.0580. The van der Waals surface area contributed by atoms with Crippen LogP contribution in [0.25, 0.3) is 0 Å². The average Bonchev–Trinajstić information content (AvgIpc) is 2.44. The van der Waals surface area contributed by atoms with Gasteiger partial charge in [0.15, 0.2) is 0 Å². The van der Waals surface area contributed by atoms with Crippen molar-refractivity contribution in [2.24, 2.45) is 5.73 Å². The predicted molar refractivity (Wildman–Crippen MR) is 88.5 cm³/mol. The van der Waals surface area contributed by atoms with Gasteiger partial charge in [-0.25, -0.2) is 0 Å². The van der Waals surface area contributed by atoms with Crippen molar-refractivity contribution in [2.45, 2.75) is 57.2 Å². The number of rotatable bonds is 8. The normalized spacial score (nSPS) is 18.5. The lowest BCUT2D eigenvalue weighted by atomic mass is 9.86. The van der Waals surface area contributed by atoms with Crippen molar-refractivity contribution in [2.75, 3.05) is 13.2 Å². The van der Waals surface area contributed by atoms with Crippen LogP contribution in [0.3, 0.4) is 0 Å². The van der Waals surface area contributed by atoms with Crippen molar-refractivity contribution < 1.29 is 5.11 Å². The molecule has 0 radical (unpaired) electrons. The molecule has 2 unspecified atom stereocenters. The highest BCUT2D eigenvalue weighted by Gasteiger charge is 2.34. The molecule has 0 aromatic heterocycles. The summed E-state index contributed by atoms with van der Waals surface area (Å²) in [6.45, 7) is 3.23. The molecule has 0 bridgehead atoms. The van der Waals surface area contributed by atoms with Crippen molar-refractivity contribution in [1.82, 2.24) is 4.90 Å². The van der Waals surface area contributed by atoms with Gasteiger partial charge >= 0.3 is 0 Å². The van der Waals surface area contributed by atoms with Gasteiger partial charge < -0.3 is 10.8 Å². The molecule has 1 aromatic carbocycles. The van der Waals surface area contributed by atoms with Crippen LogP contribution in [-0.4, -0.2) is 35.2 Å². The van der Waals surface area contributed by atoms with E-state index in [1.54, 1.807) is 0 Å². The first-order valence-electron chi connectivity index (χ1n) is 8.05. The zero-order valence-electron chi connectivity index (χ0n) is 12.8. The molecule has 0 heterocycles. The molecular weight excluding hydrogens is 284 g/mol. The van der Waals surface area contributed by atoms with Gasteiger partial charge in [-0.2, -0.15) is 0 Å². The Morgan fingerprint density at radius 2 is 2.10 bits per heavy atom. The number of hydrogen-bond donors (Lipinski definition) is 2. The van der Waals surface area contributed by atoms with Crippen LogP contribution in [0.1, 0.15) is 50.6 Å². The van der Waals surface area contributed by atoms with Crippen LogP contribution >= 0.6 is 11.6 Å². The molecule has 1 saturated carbocycles. The van der Waals surface area contributed by atoms with E-state index in [0.717, 1.165) is 30.0 Å². The van der Waals surface area contributed by atoms with Crippen LogP contribution < -0.4 is 5.73 Å². The zero-order valence-corrected chi connectivity index (χ0v) is 13.6. The molecule has 1 aromatic rings. The summed E-state index contributed by atoms with van der Waals surface area (Å²) in [5, 5.41) is 10.00. The van der Waals surface area contributed by atoms with Gasteiger partial charge in [-0.3, -0.25) is 4.90 Å². The average molecular weight is 311 g/mol. The number of aliphatic hydroxyl groups is 1. The number of nitrogens with zero attached hydrogens (tertiary/aromatic N) is 1. The predicted octanol–water partition coefficient (Wildman–Crippen LogP) is 3.36. The summed E-state index contributed by atoms with van der Waals surface area (Å²) in [5.41, 5.74) is 7.57. The maximum absolute atomic E-state index is 9.21. The van der Waals surface area contributed by atoms with Crippen LogP contribution in [0.2, 0.25) is 5.02 Å². The van der Waals surface area contributed by atoms with E-state index >= 15 is 0 Å². The summed E-state index contributed by atoms with van der Waals surface area (Å²) < 4.78 is 0. The van der Waals surface area contributed by atoms with Gasteiger partial charge in [0, 0.05) is 30.3 Å². The highest BCUT2D eigenvalue weighted by atomic mass is 35.5. The third kappa shape index (κ3) is 3.98. The van der Waals surface area contributed by atoms with Crippen molar-refractivity contribution in [1.29, 1.82) is 0 Å². The molecule has 2 atom stereocenters. The number of aliphatic hydroxyl groups excluding tert-OH is 1. The number of benzene rings is 1. The fourth-order valence-corrected chi connectivity index (χ4v) is 3.36. The highest BCUT2D eigenvalue weighted by Crippen LogP contribution is 2.37. The van der Waals surface area contributed by atoms with E-state index in [0.29, 0.717) is 6.04 Å². The first kappa shape index (κ1) is 16.8. The molecule has 0 amide bonds. The van der Waals surface area contributed by atoms with Crippen LogP contribution in [0.5, 0.6) is 0 Å². The first-order chi connectivity index (χ1) is 10.2. The number of hydrogen-bond acceptors (Lipinski definition) is 3. The van der Waals surface area contributed by atoms with Gasteiger partial charge in [-0.1, -0.05) is 43.1 Å². The zero-order chi connectivity index (χ0) is 15.2. The first-order valence-corrected chi connectivity index (χ1v) is 8.43. The van der Waals surface area contributed by atoms with Crippen LogP contribution in [0, 0.1) is 0 Å².